The Hall–Kier alpha value is -2.05. The molecule has 2 aromatic heterocycles. The molecule has 0 aliphatic heterocycles. The molecule has 0 spiro atoms. The lowest BCUT2D eigenvalue weighted by Crippen LogP contribution is -2.08. The van der Waals surface area contributed by atoms with Gasteiger partial charge in [0.25, 0.3) is 0 Å². The average molecular weight is 271 g/mol. The molecule has 0 unspecified atom stereocenters. The van der Waals surface area contributed by atoms with E-state index >= 15 is 0 Å². The summed E-state index contributed by atoms with van der Waals surface area (Å²) in [4.78, 5) is 12.0. The van der Waals surface area contributed by atoms with Crippen molar-refractivity contribution in [1.82, 2.24) is 15.0 Å². The van der Waals surface area contributed by atoms with Gasteiger partial charge in [0, 0.05) is 11.9 Å². The zero-order chi connectivity index (χ0) is 13.1. The number of nitrogens with two attached hydrogens (primary N) is 1. The maximum Gasteiger partial charge on any atom is 0.166 e. The van der Waals surface area contributed by atoms with Gasteiger partial charge in [-0.05, 0) is 23.8 Å². The Morgan fingerprint density at radius 1 is 1.21 bits per heavy atom. The predicted molar refractivity (Wildman–Crippen MR) is 77.7 cm³/mol. The van der Waals surface area contributed by atoms with E-state index in [9.17, 15) is 0 Å². The number of thioether (sulfide) groups is 1. The molecule has 0 aliphatic carbocycles. The molecule has 2 heterocycles. The first-order valence-corrected chi connectivity index (χ1v) is 6.83. The second kappa shape index (κ2) is 5.29. The smallest absolute Gasteiger partial charge is 0.166 e. The Labute approximate surface area is 114 Å². The lowest BCUT2D eigenvalue weighted by atomic mass is 10.3. The van der Waals surface area contributed by atoms with Gasteiger partial charge in [0.05, 0.1) is 11.0 Å². The summed E-state index contributed by atoms with van der Waals surface area (Å²) in [5, 5.41) is 0.919. The fraction of sp³-hybridized carbons (Fsp3) is 0.0769. The summed E-state index contributed by atoms with van der Waals surface area (Å²) in [5.41, 5.74) is 5.69. The van der Waals surface area contributed by atoms with Gasteiger partial charge in [0.2, 0.25) is 0 Å². The Balaban J connectivity index is 1.70. The molecule has 0 atom stereocenters. The number of pyridine rings is 1. The van der Waals surface area contributed by atoms with Crippen molar-refractivity contribution in [2.24, 2.45) is 5.84 Å². The van der Waals surface area contributed by atoms with Crippen LogP contribution in [-0.4, -0.2) is 15.0 Å². The highest BCUT2D eigenvalue weighted by molar-refractivity contribution is 7.98. The zero-order valence-corrected chi connectivity index (χ0v) is 10.9. The van der Waals surface area contributed by atoms with Crippen LogP contribution >= 0.6 is 11.8 Å². The normalized spacial score (nSPS) is 10.8. The largest absolute Gasteiger partial charge is 0.333 e. The van der Waals surface area contributed by atoms with E-state index in [0.717, 1.165) is 27.5 Å². The number of benzene rings is 1. The fourth-order valence-corrected chi connectivity index (χ4v) is 2.56. The third-order valence-electron chi connectivity index (χ3n) is 2.72. The Bertz CT molecular complexity index is 644. The van der Waals surface area contributed by atoms with Crippen molar-refractivity contribution in [3.8, 4) is 0 Å². The van der Waals surface area contributed by atoms with Gasteiger partial charge in [0.15, 0.2) is 5.16 Å². The van der Waals surface area contributed by atoms with E-state index in [1.165, 1.54) is 0 Å². The number of anilines is 1. The molecule has 3 rings (SSSR count). The minimum atomic E-state index is 0.664. The van der Waals surface area contributed by atoms with Crippen LogP contribution in [0.4, 0.5) is 5.82 Å². The summed E-state index contributed by atoms with van der Waals surface area (Å²) in [5.74, 6) is 6.76. The average Bonchev–Trinajstić information content (AvgIpc) is 2.88. The number of nitrogen functional groups attached to an aromatic ring is 1. The number of hydrogen-bond donors (Lipinski definition) is 3. The van der Waals surface area contributed by atoms with E-state index in [1.54, 1.807) is 11.8 Å². The van der Waals surface area contributed by atoms with Crippen LogP contribution in [0.3, 0.4) is 0 Å². The second-order valence-electron chi connectivity index (χ2n) is 4.04. The molecule has 19 heavy (non-hydrogen) atoms. The second-order valence-corrected chi connectivity index (χ2v) is 5.01. The van der Waals surface area contributed by atoms with Gasteiger partial charge in [-0.3, -0.25) is 0 Å². The summed E-state index contributed by atoms with van der Waals surface area (Å²) in [6.45, 7) is 0. The van der Waals surface area contributed by atoms with Crippen molar-refractivity contribution in [2.75, 3.05) is 5.43 Å². The van der Waals surface area contributed by atoms with Crippen molar-refractivity contribution < 1.29 is 0 Å². The zero-order valence-electron chi connectivity index (χ0n) is 10.1. The topological polar surface area (TPSA) is 79.6 Å². The molecule has 0 amide bonds. The van der Waals surface area contributed by atoms with E-state index in [-0.39, 0.29) is 0 Å². The van der Waals surface area contributed by atoms with Gasteiger partial charge in [-0.2, -0.15) is 0 Å². The number of aromatic amines is 1. The van der Waals surface area contributed by atoms with Gasteiger partial charge >= 0.3 is 0 Å². The number of rotatable bonds is 4. The standard InChI is InChI=1S/C13H13N5S/c14-18-12-6-5-9(7-15-12)8-19-13-16-10-3-1-2-4-11(10)17-13/h1-7H,8,14H2,(H,15,18)(H,16,17). The van der Waals surface area contributed by atoms with Crippen molar-refractivity contribution >= 4 is 28.6 Å². The quantitative estimate of drug-likeness (QED) is 0.386. The van der Waals surface area contributed by atoms with Crippen molar-refractivity contribution in [2.45, 2.75) is 10.9 Å². The molecule has 5 nitrogen and oxygen atoms in total. The number of imidazole rings is 1. The number of nitrogens with zero attached hydrogens (tertiary/aromatic N) is 2. The lowest BCUT2D eigenvalue weighted by molar-refractivity contribution is 1.08. The first-order chi connectivity index (χ1) is 9.35. The van der Waals surface area contributed by atoms with Crippen LogP contribution in [0, 0.1) is 0 Å². The summed E-state index contributed by atoms with van der Waals surface area (Å²) in [6, 6.07) is 11.9. The van der Waals surface area contributed by atoms with Crippen LogP contribution in [0.15, 0.2) is 47.8 Å². The fourth-order valence-electron chi connectivity index (χ4n) is 1.74. The van der Waals surface area contributed by atoms with Gasteiger partial charge in [-0.15, -0.1) is 0 Å². The highest BCUT2D eigenvalue weighted by Gasteiger charge is 2.03. The third-order valence-corrected chi connectivity index (χ3v) is 3.66. The molecule has 6 heteroatoms. The first kappa shape index (κ1) is 12.0. The first-order valence-electron chi connectivity index (χ1n) is 5.84. The molecular weight excluding hydrogens is 258 g/mol. The number of hydrazine groups is 1. The molecule has 0 aliphatic rings. The molecule has 96 valence electrons. The maximum absolute atomic E-state index is 5.28. The maximum atomic E-state index is 5.28. The highest BCUT2D eigenvalue weighted by Crippen LogP contribution is 2.22. The Kier molecular flexibility index (Phi) is 3.35. The summed E-state index contributed by atoms with van der Waals surface area (Å²) < 4.78 is 0. The molecule has 0 fully saturated rings. The monoisotopic (exact) mass is 271 g/mol. The Morgan fingerprint density at radius 2 is 2.11 bits per heavy atom. The SMILES string of the molecule is NNc1ccc(CSc2nc3ccccc3[nH]2)cn1. The van der Waals surface area contributed by atoms with Crippen molar-refractivity contribution in [3.05, 3.63) is 48.2 Å². The summed E-state index contributed by atoms with van der Waals surface area (Å²) in [7, 11) is 0. The number of para-hydroxylation sites is 2. The molecular formula is C13H13N5S. The van der Waals surface area contributed by atoms with Gasteiger partial charge in [-0.25, -0.2) is 15.8 Å². The number of hydrogen-bond acceptors (Lipinski definition) is 5. The third kappa shape index (κ3) is 2.69. The van der Waals surface area contributed by atoms with Crippen LogP contribution in [0.25, 0.3) is 11.0 Å². The molecule has 3 aromatic rings. The van der Waals surface area contributed by atoms with E-state index in [0.29, 0.717) is 5.82 Å². The van der Waals surface area contributed by atoms with Crippen molar-refractivity contribution in [1.29, 1.82) is 0 Å². The van der Waals surface area contributed by atoms with E-state index in [1.807, 2.05) is 42.6 Å². The molecule has 0 bridgehead atoms. The highest BCUT2D eigenvalue weighted by atomic mass is 32.2. The number of aromatic nitrogens is 3. The molecule has 1 aromatic carbocycles. The predicted octanol–water partition coefficient (Wildman–Crippen LogP) is 2.54. The lowest BCUT2D eigenvalue weighted by Gasteiger charge is -2.01. The number of nitrogens with one attached hydrogen (secondary N) is 2. The minimum absolute atomic E-state index is 0.664. The number of H-pyrrole nitrogens is 1. The van der Waals surface area contributed by atoms with Crippen LogP contribution in [-0.2, 0) is 5.75 Å². The van der Waals surface area contributed by atoms with Gasteiger partial charge in [-0.1, -0.05) is 30.0 Å². The number of fused-ring (bicyclic) bond motifs is 1. The van der Waals surface area contributed by atoms with Crippen molar-refractivity contribution in [3.63, 3.8) is 0 Å². The van der Waals surface area contributed by atoms with Crippen LogP contribution in [0.2, 0.25) is 0 Å². The minimum Gasteiger partial charge on any atom is -0.333 e. The van der Waals surface area contributed by atoms with Crippen LogP contribution in [0.5, 0.6) is 0 Å². The van der Waals surface area contributed by atoms with E-state index < -0.39 is 0 Å². The molecule has 0 radical (unpaired) electrons. The van der Waals surface area contributed by atoms with Crippen LogP contribution < -0.4 is 11.3 Å². The molecule has 0 saturated carbocycles. The Morgan fingerprint density at radius 3 is 2.84 bits per heavy atom. The van der Waals surface area contributed by atoms with E-state index in [2.05, 4.69) is 20.4 Å². The van der Waals surface area contributed by atoms with Crippen LogP contribution in [0.1, 0.15) is 5.56 Å². The van der Waals surface area contributed by atoms with Gasteiger partial charge in [0.1, 0.15) is 5.82 Å². The molecule has 0 saturated heterocycles. The summed E-state index contributed by atoms with van der Waals surface area (Å²) in [6.07, 6.45) is 1.81. The molecule has 4 N–H and O–H groups in total. The summed E-state index contributed by atoms with van der Waals surface area (Å²) >= 11 is 1.65. The van der Waals surface area contributed by atoms with E-state index in [4.69, 9.17) is 5.84 Å². The van der Waals surface area contributed by atoms with Gasteiger partial charge < -0.3 is 10.4 Å².